The van der Waals surface area contributed by atoms with Crippen molar-refractivity contribution >= 4 is 17.7 Å². The fourth-order valence-electron chi connectivity index (χ4n) is 0.962. The molecule has 0 heterocycles. The molecule has 0 aliphatic heterocycles. The van der Waals surface area contributed by atoms with Gasteiger partial charge in [0.1, 0.15) is 5.82 Å². The summed E-state index contributed by atoms with van der Waals surface area (Å²) in [6.07, 6.45) is 0. The average Bonchev–Trinajstić information content (AvgIpc) is 2.16. The number of hydrogen-bond acceptors (Lipinski definition) is 2. The Morgan fingerprint density at radius 1 is 1.38 bits per heavy atom. The number of hydrogen-bond donors (Lipinski definition) is 1. The number of hydrazine groups is 1. The van der Waals surface area contributed by atoms with Crippen LogP contribution in [0.4, 0.5) is 4.39 Å². The first-order valence-electron chi connectivity index (χ1n) is 4.84. The molecule has 0 atom stereocenters. The summed E-state index contributed by atoms with van der Waals surface area (Å²) in [6, 6.07) is 5.74. The summed E-state index contributed by atoms with van der Waals surface area (Å²) < 4.78 is 14.4. The zero-order chi connectivity index (χ0) is 12.3. The van der Waals surface area contributed by atoms with Crippen LogP contribution in [0.5, 0.6) is 0 Å². The van der Waals surface area contributed by atoms with Crippen LogP contribution in [0.15, 0.2) is 24.3 Å². The molecule has 0 spiro atoms. The van der Waals surface area contributed by atoms with Gasteiger partial charge in [0.15, 0.2) is 0 Å². The summed E-state index contributed by atoms with van der Waals surface area (Å²) in [4.78, 5) is 11.6. The van der Waals surface area contributed by atoms with Gasteiger partial charge in [0.25, 0.3) is 5.91 Å². The van der Waals surface area contributed by atoms with Crippen molar-refractivity contribution < 1.29 is 9.18 Å². The molecule has 1 N–H and O–H groups in total. The van der Waals surface area contributed by atoms with Crippen LogP contribution in [0.25, 0.3) is 0 Å². The molecular formula is C11H14ClFN2O. The van der Waals surface area contributed by atoms with E-state index in [0.717, 1.165) is 4.53 Å². The van der Waals surface area contributed by atoms with E-state index in [1.54, 1.807) is 6.07 Å². The lowest BCUT2D eigenvalue weighted by Crippen LogP contribution is -2.46. The summed E-state index contributed by atoms with van der Waals surface area (Å²) in [5, 5.41) is 0. The van der Waals surface area contributed by atoms with Crippen LogP contribution in [0.1, 0.15) is 31.1 Å². The SMILES string of the molecule is CC(C)(C)N(Cl)NC(=O)c1ccccc1F. The number of halogens is 2. The van der Waals surface area contributed by atoms with E-state index in [2.05, 4.69) is 5.43 Å². The van der Waals surface area contributed by atoms with Crippen LogP contribution < -0.4 is 5.43 Å². The van der Waals surface area contributed by atoms with Crippen LogP contribution in [0.2, 0.25) is 0 Å². The molecule has 16 heavy (non-hydrogen) atoms. The van der Waals surface area contributed by atoms with Gasteiger partial charge in [-0.3, -0.25) is 10.2 Å². The fourth-order valence-corrected chi connectivity index (χ4v) is 1.04. The van der Waals surface area contributed by atoms with E-state index in [-0.39, 0.29) is 5.56 Å². The van der Waals surface area contributed by atoms with Crippen molar-refractivity contribution in [2.24, 2.45) is 0 Å². The molecule has 3 nitrogen and oxygen atoms in total. The van der Waals surface area contributed by atoms with Crippen molar-refractivity contribution in [3.63, 3.8) is 0 Å². The molecule has 0 saturated carbocycles. The van der Waals surface area contributed by atoms with Gasteiger partial charge < -0.3 is 0 Å². The van der Waals surface area contributed by atoms with Gasteiger partial charge in [-0.2, -0.15) is 0 Å². The fraction of sp³-hybridized carbons (Fsp3) is 0.364. The zero-order valence-corrected chi connectivity index (χ0v) is 10.2. The van der Waals surface area contributed by atoms with Gasteiger partial charge in [0.2, 0.25) is 0 Å². The van der Waals surface area contributed by atoms with Crippen molar-refractivity contribution in [2.75, 3.05) is 0 Å². The van der Waals surface area contributed by atoms with Gasteiger partial charge in [0.05, 0.1) is 5.56 Å². The Balaban J connectivity index is 2.78. The predicted molar refractivity (Wildman–Crippen MR) is 61.3 cm³/mol. The van der Waals surface area contributed by atoms with E-state index in [0.29, 0.717) is 0 Å². The third kappa shape index (κ3) is 3.18. The highest BCUT2D eigenvalue weighted by molar-refractivity contribution is 6.14. The second kappa shape index (κ2) is 4.80. The summed E-state index contributed by atoms with van der Waals surface area (Å²) in [5.74, 6) is -1.14. The van der Waals surface area contributed by atoms with Crippen molar-refractivity contribution in [2.45, 2.75) is 26.3 Å². The molecule has 5 heteroatoms. The van der Waals surface area contributed by atoms with Crippen LogP contribution in [-0.2, 0) is 0 Å². The highest BCUT2D eigenvalue weighted by Gasteiger charge is 2.22. The minimum absolute atomic E-state index is 0.0302. The van der Waals surface area contributed by atoms with E-state index < -0.39 is 17.3 Å². The lowest BCUT2D eigenvalue weighted by Gasteiger charge is -2.28. The Bertz CT molecular complexity index is 390. The van der Waals surface area contributed by atoms with Crippen molar-refractivity contribution in [1.29, 1.82) is 0 Å². The molecule has 0 unspecified atom stereocenters. The molecule has 1 aromatic carbocycles. The Morgan fingerprint density at radius 3 is 2.44 bits per heavy atom. The topological polar surface area (TPSA) is 32.3 Å². The third-order valence-corrected chi connectivity index (χ3v) is 2.50. The molecule has 88 valence electrons. The average molecular weight is 245 g/mol. The first-order valence-corrected chi connectivity index (χ1v) is 5.17. The Labute approximate surface area is 99.3 Å². The number of benzene rings is 1. The maximum absolute atomic E-state index is 13.3. The first-order chi connectivity index (χ1) is 7.32. The van der Waals surface area contributed by atoms with Gasteiger partial charge in [-0.25, -0.2) is 4.39 Å². The van der Waals surface area contributed by atoms with Crippen LogP contribution in [0.3, 0.4) is 0 Å². The lowest BCUT2D eigenvalue weighted by atomic mass is 10.1. The number of rotatable bonds is 2. The summed E-state index contributed by atoms with van der Waals surface area (Å²) in [7, 11) is 0. The molecular weight excluding hydrogens is 231 g/mol. The summed E-state index contributed by atoms with van der Waals surface area (Å²) in [5.41, 5.74) is 1.92. The van der Waals surface area contributed by atoms with Crippen LogP contribution >= 0.6 is 11.8 Å². The Morgan fingerprint density at radius 2 is 1.94 bits per heavy atom. The second-order valence-electron chi connectivity index (χ2n) is 4.37. The Hall–Kier alpha value is -1.13. The molecule has 0 bridgehead atoms. The van der Waals surface area contributed by atoms with Gasteiger partial charge in [0, 0.05) is 17.3 Å². The number of nitrogens with one attached hydrogen (secondary N) is 1. The quantitative estimate of drug-likeness (QED) is 0.641. The van der Waals surface area contributed by atoms with Crippen molar-refractivity contribution in [3.05, 3.63) is 35.6 Å². The van der Waals surface area contributed by atoms with E-state index >= 15 is 0 Å². The predicted octanol–water partition coefficient (Wildman–Crippen LogP) is 2.72. The highest BCUT2D eigenvalue weighted by Crippen LogP contribution is 2.14. The summed E-state index contributed by atoms with van der Waals surface area (Å²) in [6.45, 7) is 5.46. The molecule has 1 amide bonds. The maximum Gasteiger partial charge on any atom is 0.269 e. The molecule has 0 aliphatic rings. The lowest BCUT2D eigenvalue weighted by molar-refractivity contribution is 0.0801. The number of carbonyl (C=O) groups excluding carboxylic acids is 1. The smallest absolute Gasteiger partial charge is 0.269 e. The van der Waals surface area contributed by atoms with Gasteiger partial charge in [-0.15, -0.1) is 4.53 Å². The monoisotopic (exact) mass is 244 g/mol. The minimum atomic E-state index is -0.570. The van der Waals surface area contributed by atoms with E-state index in [1.165, 1.54) is 18.2 Å². The number of nitrogens with zero attached hydrogens (tertiary/aromatic N) is 1. The number of carbonyl (C=O) groups is 1. The van der Waals surface area contributed by atoms with Crippen LogP contribution in [-0.4, -0.2) is 16.0 Å². The van der Waals surface area contributed by atoms with E-state index in [9.17, 15) is 9.18 Å². The Kier molecular flexibility index (Phi) is 3.88. The molecule has 1 aromatic rings. The molecule has 0 saturated heterocycles. The van der Waals surface area contributed by atoms with Crippen molar-refractivity contribution in [1.82, 2.24) is 9.95 Å². The van der Waals surface area contributed by atoms with Gasteiger partial charge in [-0.05, 0) is 32.9 Å². The normalized spacial score (nSPS) is 11.6. The first kappa shape index (κ1) is 12.9. The maximum atomic E-state index is 13.3. The summed E-state index contributed by atoms with van der Waals surface area (Å²) >= 11 is 5.83. The molecule has 0 aromatic heterocycles. The number of amides is 1. The zero-order valence-electron chi connectivity index (χ0n) is 9.42. The molecule has 0 fully saturated rings. The molecule has 0 radical (unpaired) electrons. The standard InChI is InChI=1S/C11H14ClFN2O/c1-11(2,3)15(12)14-10(16)8-6-4-5-7-9(8)13/h4-7H,1-3H3,(H,14,16). The van der Waals surface area contributed by atoms with E-state index in [4.69, 9.17) is 11.8 Å². The molecule has 0 aliphatic carbocycles. The second-order valence-corrected chi connectivity index (χ2v) is 4.71. The van der Waals surface area contributed by atoms with Gasteiger partial charge in [-0.1, -0.05) is 12.1 Å². The minimum Gasteiger partial charge on any atom is -0.270 e. The molecule has 1 rings (SSSR count). The highest BCUT2D eigenvalue weighted by atomic mass is 35.5. The van der Waals surface area contributed by atoms with Gasteiger partial charge >= 0.3 is 0 Å². The third-order valence-electron chi connectivity index (χ3n) is 1.91. The largest absolute Gasteiger partial charge is 0.270 e. The van der Waals surface area contributed by atoms with Crippen molar-refractivity contribution in [3.8, 4) is 0 Å². The van der Waals surface area contributed by atoms with Crippen LogP contribution in [0, 0.1) is 5.82 Å². The van der Waals surface area contributed by atoms with E-state index in [1.807, 2.05) is 20.8 Å².